The first-order valence-corrected chi connectivity index (χ1v) is 8.96. The largest absolute Gasteiger partial charge is 0.493 e. The Balaban J connectivity index is 0.000000235. The summed E-state index contributed by atoms with van der Waals surface area (Å²) in [6.45, 7) is 4.95. The van der Waals surface area contributed by atoms with Crippen molar-refractivity contribution in [3.63, 3.8) is 0 Å². The van der Waals surface area contributed by atoms with Gasteiger partial charge in [-0.25, -0.2) is 0 Å². The normalized spacial score (nSPS) is 27.1. The van der Waals surface area contributed by atoms with Crippen LogP contribution < -0.4 is 9.47 Å². The van der Waals surface area contributed by atoms with Gasteiger partial charge >= 0.3 is 0 Å². The third-order valence-electron chi connectivity index (χ3n) is 4.70. The molecule has 0 bridgehead atoms. The van der Waals surface area contributed by atoms with Gasteiger partial charge in [-0.05, 0) is 44.5 Å². The minimum Gasteiger partial charge on any atom is -0.493 e. The predicted octanol–water partition coefficient (Wildman–Crippen LogP) is 2.47. The quantitative estimate of drug-likeness (QED) is 0.634. The van der Waals surface area contributed by atoms with E-state index in [0.717, 1.165) is 30.9 Å². The smallest absolute Gasteiger partial charge is 0.178 e. The number of methoxy groups -OCH3 is 2. The number of aliphatic hydroxyl groups is 2. The van der Waals surface area contributed by atoms with Crippen LogP contribution in [0.4, 0.5) is 0 Å². The number of benzene rings is 1. The first kappa shape index (κ1) is 21.8. The summed E-state index contributed by atoms with van der Waals surface area (Å²) < 4.78 is 10.0. The van der Waals surface area contributed by atoms with Crippen LogP contribution in [-0.4, -0.2) is 62.6 Å². The van der Waals surface area contributed by atoms with E-state index in [1.807, 2.05) is 50.1 Å². The van der Waals surface area contributed by atoms with Crippen molar-refractivity contribution in [3.8, 4) is 11.5 Å². The zero-order valence-electron chi connectivity index (χ0n) is 16.1. The molecule has 5 nitrogen and oxygen atoms in total. The highest BCUT2D eigenvalue weighted by atomic mass is 16.5. The monoisotopic (exact) mass is 349 g/mol. The summed E-state index contributed by atoms with van der Waals surface area (Å²) in [4.78, 5) is 2.04. The molecule has 1 heterocycles. The number of hydrogen-bond donors (Lipinski definition) is 2. The van der Waals surface area contributed by atoms with Gasteiger partial charge in [-0.15, -0.1) is 0 Å². The van der Waals surface area contributed by atoms with Crippen molar-refractivity contribution in [1.29, 1.82) is 0 Å². The number of hydrogen-bond acceptors (Lipinski definition) is 5. The summed E-state index contributed by atoms with van der Waals surface area (Å²) >= 11 is 0. The number of likely N-dealkylation sites (tertiary alicyclic amines) is 1. The molecular weight excluding hydrogens is 317 g/mol. The highest BCUT2D eigenvalue weighted by Gasteiger charge is 2.49. The molecule has 25 heavy (non-hydrogen) atoms. The lowest BCUT2D eigenvalue weighted by atomic mass is 9.66. The van der Waals surface area contributed by atoms with Gasteiger partial charge in [-0.2, -0.15) is 0 Å². The maximum Gasteiger partial charge on any atom is 0.178 e. The lowest BCUT2D eigenvalue weighted by Crippen LogP contribution is -2.54. The maximum atomic E-state index is 9.82. The molecule has 2 aliphatic rings. The van der Waals surface area contributed by atoms with Gasteiger partial charge in [0.1, 0.15) is 0 Å². The van der Waals surface area contributed by atoms with Crippen molar-refractivity contribution in [2.45, 2.75) is 50.8 Å². The van der Waals surface area contributed by atoms with E-state index in [2.05, 4.69) is 0 Å². The van der Waals surface area contributed by atoms with Crippen molar-refractivity contribution in [3.05, 3.63) is 24.3 Å². The summed E-state index contributed by atoms with van der Waals surface area (Å²) in [5.74, 6) is 0.273. The number of fused-ring (bicyclic) bond motifs is 1. The molecule has 0 aromatic heterocycles. The molecule has 1 aromatic carbocycles. The zero-order chi connectivity index (χ0) is 19.0. The van der Waals surface area contributed by atoms with Crippen LogP contribution in [0.15, 0.2) is 24.3 Å². The molecule has 3 rings (SSSR count). The van der Waals surface area contributed by atoms with Crippen molar-refractivity contribution in [1.82, 2.24) is 4.90 Å². The Morgan fingerprint density at radius 2 is 1.64 bits per heavy atom. The van der Waals surface area contributed by atoms with E-state index in [0.29, 0.717) is 12.3 Å². The van der Waals surface area contributed by atoms with Gasteiger partial charge in [0.25, 0.3) is 0 Å². The van der Waals surface area contributed by atoms with Crippen molar-refractivity contribution < 1.29 is 19.7 Å². The average Bonchev–Trinajstić information content (AvgIpc) is 2.98. The number of para-hydroxylation sites is 2. The topological polar surface area (TPSA) is 62.2 Å². The minimum absolute atomic E-state index is 0.0530. The Hall–Kier alpha value is -1.24. The van der Waals surface area contributed by atoms with Gasteiger partial charge in [-0.3, -0.25) is 4.90 Å². The summed E-state index contributed by atoms with van der Waals surface area (Å²) in [6.07, 6.45) is 2.27. The van der Waals surface area contributed by atoms with Crippen LogP contribution in [0.25, 0.3) is 0 Å². The van der Waals surface area contributed by atoms with E-state index >= 15 is 0 Å². The highest BCUT2D eigenvalue weighted by molar-refractivity contribution is 6.11. The third kappa shape index (κ3) is 5.63. The molecule has 6 heteroatoms. The van der Waals surface area contributed by atoms with Crippen molar-refractivity contribution >= 4 is 7.85 Å². The number of likely N-dealkylation sites (N-methyl/N-ethyl adjacent to an activating group) is 1. The van der Waals surface area contributed by atoms with E-state index in [1.165, 1.54) is 0 Å². The van der Waals surface area contributed by atoms with Crippen LogP contribution in [0.1, 0.15) is 33.1 Å². The van der Waals surface area contributed by atoms with E-state index in [4.69, 9.17) is 17.3 Å². The van der Waals surface area contributed by atoms with E-state index < -0.39 is 5.79 Å². The van der Waals surface area contributed by atoms with Gasteiger partial charge in [0.2, 0.25) is 0 Å². The number of nitrogens with zero attached hydrogens (tertiary/aromatic N) is 1. The van der Waals surface area contributed by atoms with E-state index in [1.54, 1.807) is 14.2 Å². The molecular formula is C19H32BNO4. The first-order chi connectivity index (χ1) is 11.9. The first-order valence-electron chi connectivity index (χ1n) is 8.96. The van der Waals surface area contributed by atoms with Gasteiger partial charge < -0.3 is 19.7 Å². The molecule has 1 aromatic rings. The van der Waals surface area contributed by atoms with Gasteiger partial charge in [-0.1, -0.05) is 38.2 Å². The fraction of sp³-hybridized carbons (Fsp3) is 0.684. The average molecular weight is 349 g/mol. The molecule has 1 aliphatic heterocycles. The van der Waals surface area contributed by atoms with Crippen LogP contribution >= 0.6 is 0 Å². The lowest BCUT2D eigenvalue weighted by molar-refractivity contribution is -0.221. The fourth-order valence-corrected chi connectivity index (χ4v) is 3.77. The molecule has 3 unspecified atom stereocenters. The second-order valence-electron chi connectivity index (χ2n) is 6.41. The molecule has 2 fully saturated rings. The van der Waals surface area contributed by atoms with Gasteiger partial charge in [0.05, 0.1) is 28.1 Å². The van der Waals surface area contributed by atoms with Crippen LogP contribution in [0.5, 0.6) is 11.5 Å². The number of rotatable bonds is 2. The molecule has 2 radical (unpaired) electrons. The standard InChI is InChI=1S/C9H16BNO2.C8H10O2.C2H6/c1-11-3-2-6-4-7(10)5-9(12,13)8(6)11;1-9-7-5-3-4-6-8(7)10-2;1-2/h6-8,12-13H,2-5H2,1H3;3-6H,1-2H3;1-2H3. The highest BCUT2D eigenvalue weighted by Crippen LogP contribution is 2.43. The number of ether oxygens (including phenoxy) is 2. The fourth-order valence-electron chi connectivity index (χ4n) is 3.77. The van der Waals surface area contributed by atoms with Crippen LogP contribution in [-0.2, 0) is 0 Å². The lowest BCUT2D eigenvalue weighted by Gasteiger charge is -2.43. The van der Waals surface area contributed by atoms with E-state index in [9.17, 15) is 10.2 Å². The summed E-state index contributed by atoms with van der Waals surface area (Å²) in [6, 6.07) is 7.42. The van der Waals surface area contributed by atoms with Crippen molar-refractivity contribution in [2.24, 2.45) is 5.92 Å². The molecule has 0 amide bonds. The zero-order valence-corrected chi connectivity index (χ0v) is 16.1. The van der Waals surface area contributed by atoms with Crippen LogP contribution in [0, 0.1) is 5.92 Å². The van der Waals surface area contributed by atoms with Gasteiger partial charge in [0, 0.05) is 0 Å². The molecule has 0 spiro atoms. The predicted molar refractivity (Wildman–Crippen MR) is 101 cm³/mol. The molecule has 3 atom stereocenters. The Bertz CT molecular complexity index is 489. The summed E-state index contributed by atoms with van der Waals surface area (Å²) in [5.41, 5.74) is 0. The Morgan fingerprint density at radius 1 is 1.12 bits per heavy atom. The van der Waals surface area contributed by atoms with E-state index in [-0.39, 0.29) is 11.9 Å². The second kappa shape index (κ2) is 10.0. The Labute approximate surface area is 153 Å². The molecule has 1 saturated heterocycles. The van der Waals surface area contributed by atoms with Crippen molar-refractivity contribution in [2.75, 3.05) is 27.8 Å². The Kier molecular flexibility index (Phi) is 8.76. The van der Waals surface area contributed by atoms with Gasteiger partial charge in [0.15, 0.2) is 17.3 Å². The minimum atomic E-state index is -1.58. The molecule has 2 N–H and O–H groups in total. The van der Waals surface area contributed by atoms with Crippen LogP contribution in [0.3, 0.4) is 0 Å². The molecule has 1 saturated carbocycles. The second-order valence-corrected chi connectivity index (χ2v) is 6.41. The SMILES string of the molecule is CC.COc1ccccc1OC.[B]C1CC2CCN(C)C2C(O)(O)C1. The molecule has 140 valence electrons. The third-order valence-corrected chi connectivity index (χ3v) is 4.70. The summed E-state index contributed by atoms with van der Waals surface area (Å²) in [7, 11) is 11.0. The summed E-state index contributed by atoms with van der Waals surface area (Å²) in [5, 5.41) is 19.6. The van der Waals surface area contributed by atoms with Crippen LogP contribution in [0.2, 0.25) is 5.82 Å². The molecule has 1 aliphatic carbocycles. The Morgan fingerprint density at radius 3 is 2.12 bits per heavy atom. The maximum absolute atomic E-state index is 9.82.